The quantitative estimate of drug-likeness (QED) is 0.285. The van der Waals surface area contributed by atoms with E-state index in [1.165, 1.54) is 0 Å². The van der Waals surface area contributed by atoms with Gasteiger partial charge in [-0.3, -0.25) is 14.5 Å². The van der Waals surface area contributed by atoms with Crippen molar-refractivity contribution in [3.8, 4) is 22.8 Å². The molecule has 5 rings (SSSR count). The lowest BCUT2D eigenvalue weighted by molar-refractivity contribution is 0.104. The van der Waals surface area contributed by atoms with E-state index in [-0.39, 0.29) is 5.78 Å². The minimum atomic E-state index is -0.0694. The number of aromatic nitrogens is 3. The highest BCUT2D eigenvalue weighted by molar-refractivity contribution is 6.28. The molecule has 0 saturated carbocycles. The van der Waals surface area contributed by atoms with Crippen LogP contribution >= 0.6 is 0 Å². The monoisotopic (exact) mass is 514 g/mol. The van der Waals surface area contributed by atoms with Gasteiger partial charge in [-0.15, -0.1) is 0 Å². The van der Waals surface area contributed by atoms with E-state index < -0.39 is 0 Å². The molecule has 198 valence electrons. The number of fused-ring (bicyclic) bond motifs is 2. The van der Waals surface area contributed by atoms with Crippen LogP contribution in [0.1, 0.15) is 21.5 Å². The third-order valence-electron chi connectivity index (χ3n) is 6.73. The average molecular weight is 515 g/mol. The highest BCUT2D eigenvalue weighted by Gasteiger charge is 2.33. The predicted octanol–water partition coefficient (Wildman–Crippen LogP) is 3.77. The van der Waals surface area contributed by atoms with Gasteiger partial charge in [0.1, 0.15) is 23.8 Å². The summed E-state index contributed by atoms with van der Waals surface area (Å²) in [5, 5.41) is 9.36. The SMILES string of the molecule is COc1ccc(COc2cncc3c2-c2nn(CCN(C)C)c4ccc(NCCN(C)C)c(c24)C3=O)cc1. The lowest BCUT2D eigenvalue weighted by atomic mass is 9.87. The van der Waals surface area contributed by atoms with Crippen molar-refractivity contribution in [1.29, 1.82) is 0 Å². The average Bonchev–Trinajstić information content (AvgIpc) is 3.28. The fourth-order valence-corrected chi connectivity index (χ4v) is 4.69. The predicted molar refractivity (Wildman–Crippen MR) is 149 cm³/mol. The number of methoxy groups -OCH3 is 1. The number of carbonyl (C=O) groups is 1. The van der Waals surface area contributed by atoms with E-state index in [2.05, 4.69) is 26.2 Å². The minimum absolute atomic E-state index is 0.0694. The van der Waals surface area contributed by atoms with Crippen molar-refractivity contribution < 1.29 is 14.3 Å². The van der Waals surface area contributed by atoms with E-state index in [9.17, 15) is 4.79 Å². The summed E-state index contributed by atoms with van der Waals surface area (Å²) in [7, 11) is 9.78. The maximum Gasteiger partial charge on any atom is 0.198 e. The molecule has 0 unspecified atom stereocenters. The molecule has 0 radical (unpaired) electrons. The van der Waals surface area contributed by atoms with Crippen LogP contribution in [-0.2, 0) is 13.2 Å². The van der Waals surface area contributed by atoms with Gasteiger partial charge in [0.2, 0.25) is 0 Å². The van der Waals surface area contributed by atoms with Crippen LogP contribution in [0.25, 0.3) is 22.2 Å². The van der Waals surface area contributed by atoms with E-state index in [1.807, 2.05) is 63.2 Å². The van der Waals surface area contributed by atoms with Gasteiger partial charge in [-0.2, -0.15) is 5.10 Å². The Bertz CT molecular complexity index is 1460. The molecule has 0 spiro atoms. The summed E-state index contributed by atoms with van der Waals surface area (Å²) >= 11 is 0. The second-order valence-electron chi connectivity index (χ2n) is 10.0. The number of benzene rings is 2. The summed E-state index contributed by atoms with van der Waals surface area (Å²) in [5.74, 6) is 1.26. The summed E-state index contributed by atoms with van der Waals surface area (Å²) in [6, 6.07) is 11.8. The number of ether oxygens (including phenoxy) is 2. The van der Waals surface area contributed by atoms with Gasteiger partial charge in [0.05, 0.1) is 42.1 Å². The van der Waals surface area contributed by atoms with Gasteiger partial charge in [0, 0.05) is 36.9 Å². The molecule has 2 aromatic carbocycles. The Morgan fingerprint density at radius 3 is 2.42 bits per heavy atom. The molecule has 0 fully saturated rings. The number of carbonyl (C=O) groups excluding carboxylic acids is 1. The molecule has 1 aliphatic carbocycles. The molecular formula is C29H34N6O3. The van der Waals surface area contributed by atoms with Crippen LogP contribution < -0.4 is 14.8 Å². The van der Waals surface area contributed by atoms with Gasteiger partial charge in [0.25, 0.3) is 0 Å². The normalized spacial score (nSPS) is 12.3. The summed E-state index contributed by atoms with van der Waals surface area (Å²) in [4.78, 5) is 22.6. The van der Waals surface area contributed by atoms with Crippen molar-refractivity contribution in [3.63, 3.8) is 0 Å². The first-order valence-corrected chi connectivity index (χ1v) is 12.7. The van der Waals surface area contributed by atoms with Crippen LogP contribution in [-0.4, -0.2) is 85.3 Å². The minimum Gasteiger partial charge on any atom is -0.497 e. The Morgan fingerprint density at radius 2 is 1.71 bits per heavy atom. The molecule has 2 heterocycles. The molecule has 0 saturated heterocycles. The van der Waals surface area contributed by atoms with Gasteiger partial charge in [-0.05, 0) is 58.0 Å². The lowest BCUT2D eigenvalue weighted by Crippen LogP contribution is -2.22. The number of anilines is 1. The Labute approximate surface area is 223 Å². The lowest BCUT2D eigenvalue weighted by Gasteiger charge is -2.21. The summed E-state index contributed by atoms with van der Waals surface area (Å²) in [6.45, 7) is 3.43. The third-order valence-corrected chi connectivity index (χ3v) is 6.73. The van der Waals surface area contributed by atoms with Crippen molar-refractivity contribution in [2.75, 3.05) is 60.3 Å². The maximum atomic E-state index is 14.0. The Morgan fingerprint density at radius 1 is 0.947 bits per heavy atom. The first kappa shape index (κ1) is 25.7. The molecule has 1 N–H and O–H groups in total. The highest BCUT2D eigenvalue weighted by Crippen LogP contribution is 2.45. The Balaban J connectivity index is 1.58. The van der Waals surface area contributed by atoms with Crippen LogP contribution in [0.3, 0.4) is 0 Å². The standard InChI is InChI=1S/C29H34N6O3/c1-33(2)13-12-31-22-10-11-23-27-26(22)29(36)21-16-30-17-24(38-18-19-6-8-20(37-5)9-7-19)25(21)28(27)32-35(23)15-14-34(3)4/h6-11,16-17,31H,12-15,18H2,1-5H3. The number of nitrogens with one attached hydrogen (secondary N) is 1. The second kappa shape index (κ2) is 10.8. The van der Waals surface area contributed by atoms with Gasteiger partial charge < -0.3 is 24.6 Å². The zero-order valence-electron chi connectivity index (χ0n) is 22.6. The number of hydrogen-bond donors (Lipinski definition) is 1. The van der Waals surface area contributed by atoms with Crippen LogP contribution in [0.4, 0.5) is 5.69 Å². The topological polar surface area (TPSA) is 84.8 Å². The molecule has 9 heteroatoms. The number of pyridine rings is 1. The van der Waals surface area contributed by atoms with Gasteiger partial charge in [-0.1, -0.05) is 12.1 Å². The molecule has 9 nitrogen and oxygen atoms in total. The molecule has 0 aliphatic heterocycles. The largest absolute Gasteiger partial charge is 0.497 e. The van der Waals surface area contributed by atoms with E-state index in [4.69, 9.17) is 14.6 Å². The van der Waals surface area contributed by atoms with Gasteiger partial charge >= 0.3 is 0 Å². The smallest absolute Gasteiger partial charge is 0.198 e. The van der Waals surface area contributed by atoms with E-state index in [0.717, 1.165) is 53.2 Å². The molecule has 38 heavy (non-hydrogen) atoms. The number of likely N-dealkylation sites (N-methyl/N-ethyl adjacent to an activating group) is 2. The summed E-state index contributed by atoms with van der Waals surface area (Å²) in [6.07, 6.45) is 3.30. The number of hydrogen-bond acceptors (Lipinski definition) is 8. The van der Waals surface area contributed by atoms with Gasteiger partial charge in [0.15, 0.2) is 5.78 Å². The Hall–Kier alpha value is -3.95. The van der Waals surface area contributed by atoms with E-state index in [0.29, 0.717) is 35.6 Å². The van der Waals surface area contributed by atoms with Crippen LogP contribution in [0.5, 0.6) is 11.5 Å². The third kappa shape index (κ3) is 4.94. The van der Waals surface area contributed by atoms with Crippen LogP contribution in [0.15, 0.2) is 48.8 Å². The summed E-state index contributed by atoms with van der Waals surface area (Å²) in [5.41, 5.74) is 5.34. The molecule has 1 aliphatic rings. The fraction of sp³-hybridized carbons (Fsp3) is 0.345. The number of nitrogens with zero attached hydrogens (tertiary/aromatic N) is 5. The zero-order valence-corrected chi connectivity index (χ0v) is 22.6. The van der Waals surface area contributed by atoms with Crippen molar-refractivity contribution in [2.45, 2.75) is 13.2 Å². The number of ketones is 1. The van der Waals surface area contributed by atoms with Crippen molar-refractivity contribution in [3.05, 3.63) is 65.5 Å². The van der Waals surface area contributed by atoms with Crippen LogP contribution in [0, 0.1) is 0 Å². The molecule has 2 aromatic heterocycles. The molecule has 4 aromatic rings. The second-order valence-corrected chi connectivity index (χ2v) is 10.0. The molecule has 0 amide bonds. The van der Waals surface area contributed by atoms with Crippen molar-refractivity contribution in [2.24, 2.45) is 0 Å². The molecular weight excluding hydrogens is 480 g/mol. The maximum absolute atomic E-state index is 14.0. The highest BCUT2D eigenvalue weighted by atomic mass is 16.5. The first-order valence-electron chi connectivity index (χ1n) is 12.7. The molecule has 0 atom stereocenters. The zero-order chi connectivity index (χ0) is 26.8. The van der Waals surface area contributed by atoms with E-state index >= 15 is 0 Å². The van der Waals surface area contributed by atoms with Crippen molar-refractivity contribution in [1.82, 2.24) is 24.6 Å². The fourth-order valence-electron chi connectivity index (χ4n) is 4.69. The number of rotatable bonds is 11. The van der Waals surface area contributed by atoms with Crippen LogP contribution in [0.2, 0.25) is 0 Å². The van der Waals surface area contributed by atoms with Gasteiger partial charge in [-0.25, -0.2) is 0 Å². The first-order chi connectivity index (χ1) is 18.4. The van der Waals surface area contributed by atoms with E-state index in [1.54, 1.807) is 19.5 Å². The van der Waals surface area contributed by atoms with Crippen molar-refractivity contribution >= 4 is 22.4 Å². The Kier molecular flexibility index (Phi) is 7.31. The molecule has 0 bridgehead atoms. The summed E-state index contributed by atoms with van der Waals surface area (Å²) < 4.78 is 13.5.